The number of hydrogen-bond acceptors (Lipinski definition) is 3. The highest BCUT2D eigenvalue weighted by Gasteiger charge is 1.96. The fraction of sp³-hybridized carbons (Fsp3) is 0.438. The van der Waals surface area contributed by atoms with Crippen LogP contribution in [0.3, 0.4) is 0 Å². The van der Waals surface area contributed by atoms with Gasteiger partial charge in [0.1, 0.15) is 0 Å². The Morgan fingerprint density at radius 1 is 1.16 bits per heavy atom. The molecule has 1 aromatic carbocycles. The van der Waals surface area contributed by atoms with Gasteiger partial charge in [0.05, 0.1) is 0 Å². The minimum atomic E-state index is 0.851. The second-order valence-electron chi connectivity index (χ2n) is 4.70. The largest absolute Gasteiger partial charge is 0.381 e. The minimum absolute atomic E-state index is 0.851. The Kier molecular flexibility index (Phi) is 5.79. The van der Waals surface area contributed by atoms with Crippen molar-refractivity contribution in [1.29, 1.82) is 0 Å². The molecule has 0 saturated carbocycles. The molecule has 3 nitrogen and oxygen atoms in total. The van der Waals surface area contributed by atoms with Gasteiger partial charge in [-0.1, -0.05) is 19.1 Å². The second-order valence-corrected chi connectivity index (χ2v) is 4.70. The molecule has 3 heteroatoms. The molecular weight excluding hydrogens is 236 g/mol. The molecule has 0 bridgehead atoms. The Hall–Kier alpha value is -1.45. The average molecular weight is 258 g/mol. The van der Waals surface area contributed by atoms with Crippen molar-refractivity contribution < 1.29 is 4.74 Å². The van der Waals surface area contributed by atoms with E-state index in [0.717, 1.165) is 39.1 Å². The predicted molar refractivity (Wildman–Crippen MR) is 79.2 cm³/mol. The zero-order valence-electron chi connectivity index (χ0n) is 11.6. The first kappa shape index (κ1) is 14.0. The van der Waals surface area contributed by atoms with Crippen LogP contribution in [0.4, 0.5) is 0 Å². The van der Waals surface area contributed by atoms with Gasteiger partial charge in [-0.25, -0.2) is 0 Å². The van der Waals surface area contributed by atoms with E-state index < -0.39 is 0 Å². The molecule has 2 rings (SSSR count). The number of hydrogen-bond donors (Lipinski definition) is 1. The molecule has 0 unspecified atom stereocenters. The molecule has 0 radical (unpaired) electrons. The fourth-order valence-corrected chi connectivity index (χ4v) is 2.02. The maximum atomic E-state index is 5.45. The molecule has 0 saturated heterocycles. The number of aromatic nitrogens is 1. The molecule has 2 aromatic rings. The Morgan fingerprint density at radius 3 is 3.00 bits per heavy atom. The van der Waals surface area contributed by atoms with Gasteiger partial charge >= 0.3 is 0 Å². The molecule has 0 aliphatic rings. The van der Waals surface area contributed by atoms with Crippen molar-refractivity contribution >= 4 is 10.8 Å². The smallest absolute Gasteiger partial charge is 0.0478 e. The topological polar surface area (TPSA) is 34.1 Å². The maximum Gasteiger partial charge on any atom is 0.0478 e. The van der Waals surface area contributed by atoms with Crippen LogP contribution in [-0.2, 0) is 11.3 Å². The molecule has 19 heavy (non-hydrogen) atoms. The normalized spacial score (nSPS) is 11.0. The summed E-state index contributed by atoms with van der Waals surface area (Å²) in [7, 11) is 0. The van der Waals surface area contributed by atoms with E-state index >= 15 is 0 Å². The first-order valence-electron chi connectivity index (χ1n) is 7.01. The van der Waals surface area contributed by atoms with Crippen molar-refractivity contribution in [3.63, 3.8) is 0 Å². The molecule has 0 amide bonds. The summed E-state index contributed by atoms with van der Waals surface area (Å²) >= 11 is 0. The number of fused-ring (bicyclic) bond motifs is 1. The first-order valence-corrected chi connectivity index (χ1v) is 7.01. The van der Waals surface area contributed by atoms with E-state index in [9.17, 15) is 0 Å². The van der Waals surface area contributed by atoms with Crippen LogP contribution in [0.15, 0.2) is 36.7 Å². The van der Waals surface area contributed by atoms with Crippen LogP contribution in [0, 0.1) is 0 Å². The lowest BCUT2D eigenvalue weighted by molar-refractivity contribution is 0.132. The molecule has 1 aromatic heterocycles. The summed E-state index contributed by atoms with van der Waals surface area (Å²) in [6.45, 7) is 5.76. The van der Waals surface area contributed by atoms with E-state index in [1.165, 1.54) is 16.3 Å². The van der Waals surface area contributed by atoms with Gasteiger partial charge in [0, 0.05) is 37.5 Å². The van der Waals surface area contributed by atoms with Gasteiger partial charge in [-0.05, 0) is 42.5 Å². The van der Waals surface area contributed by atoms with Crippen molar-refractivity contribution in [2.75, 3.05) is 19.8 Å². The Bertz CT molecular complexity index is 499. The van der Waals surface area contributed by atoms with Crippen LogP contribution < -0.4 is 5.32 Å². The average Bonchev–Trinajstić information content (AvgIpc) is 2.46. The van der Waals surface area contributed by atoms with Crippen LogP contribution in [0.25, 0.3) is 10.8 Å². The Morgan fingerprint density at radius 2 is 2.11 bits per heavy atom. The molecule has 0 aliphatic carbocycles. The highest BCUT2D eigenvalue weighted by molar-refractivity contribution is 5.81. The standard InChI is InChI=1S/C16H22N2O/c1-2-9-19-10-3-7-17-12-14-4-5-16-13-18-8-6-15(16)11-14/h4-6,8,11,13,17H,2-3,7,9-10,12H2,1H3. The van der Waals surface area contributed by atoms with Crippen molar-refractivity contribution in [2.24, 2.45) is 0 Å². The van der Waals surface area contributed by atoms with E-state index in [4.69, 9.17) is 4.74 Å². The molecule has 0 aliphatic heterocycles. The summed E-state index contributed by atoms with van der Waals surface area (Å²) < 4.78 is 5.45. The van der Waals surface area contributed by atoms with Gasteiger partial charge in [-0.3, -0.25) is 4.98 Å². The lowest BCUT2D eigenvalue weighted by atomic mass is 10.1. The van der Waals surface area contributed by atoms with E-state index in [2.05, 4.69) is 41.5 Å². The molecule has 0 atom stereocenters. The van der Waals surface area contributed by atoms with Gasteiger partial charge in [0.25, 0.3) is 0 Å². The van der Waals surface area contributed by atoms with Gasteiger partial charge in [0.2, 0.25) is 0 Å². The summed E-state index contributed by atoms with van der Waals surface area (Å²) in [5, 5.41) is 5.89. The van der Waals surface area contributed by atoms with E-state index in [-0.39, 0.29) is 0 Å². The molecule has 1 heterocycles. The number of nitrogens with zero attached hydrogens (tertiary/aromatic N) is 1. The van der Waals surface area contributed by atoms with Crippen LogP contribution >= 0.6 is 0 Å². The highest BCUT2D eigenvalue weighted by Crippen LogP contribution is 2.14. The lowest BCUT2D eigenvalue weighted by Crippen LogP contribution is -2.16. The molecular formula is C16H22N2O. The SMILES string of the molecule is CCCOCCCNCc1ccc2cnccc2c1. The quantitative estimate of drug-likeness (QED) is 0.739. The first-order chi connectivity index (χ1) is 9.40. The van der Waals surface area contributed by atoms with Crippen molar-refractivity contribution in [1.82, 2.24) is 10.3 Å². The second kappa shape index (κ2) is 7.87. The van der Waals surface area contributed by atoms with Crippen molar-refractivity contribution in [3.05, 3.63) is 42.2 Å². The van der Waals surface area contributed by atoms with Gasteiger partial charge in [-0.15, -0.1) is 0 Å². The third-order valence-corrected chi connectivity index (χ3v) is 3.02. The number of ether oxygens (including phenoxy) is 1. The summed E-state index contributed by atoms with van der Waals surface area (Å²) in [5.74, 6) is 0. The zero-order valence-corrected chi connectivity index (χ0v) is 11.6. The van der Waals surface area contributed by atoms with Gasteiger partial charge in [0.15, 0.2) is 0 Å². The summed E-state index contributed by atoms with van der Waals surface area (Å²) in [4.78, 5) is 4.12. The lowest BCUT2D eigenvalue weighted by Gasteiger charge is -2.06. The number of pyridine rings is 1. The molecule has 0 fully saturated rings. The third kappa shape index (κ3) is 4.62. The number of nitrogens with one attached hydrogen (secondary N) is 1. The molecule has 102 valence electrons. The molecule has 1 N–H and O–H groups in total. The van der Waals surface area contributed by atoms with Crippen LogP contribution in [0.5, 0.6) is 0 Å². The van der Waals surface area contributed by atoms with E-state index in [1.54, 1.807) is 0 Å². The Balaban J connectivity index is 1.72. The predicted octanol–water partition coefficient (Wildman–Crippen LogP) is 3.14. The summed E-state index contributed by atoms with van der Waals surface area (Å²) in [6, 6.07) is 8.56. The highest BCUT2D eigenvalue weighted by atomic mass is 16.5. The van der Waals surface area contributed by atoms with Crippen LogP contribution in [0.2, 0.25) is 0 Å². The van der Waals surface area contributed by atoms with E-state index in [0.29, 0.717) is 0 Å². The number of benzene rings is 1. The summed E-state index contributed by atoms with van der Waals surface area (Å²) in [6.07, 6.45) is 5.90. The maximum absolute atomic E-state index is 5.45. The van der Waals surface area contributed by atoms with Crippen LogP contribution in [-0.4, -0.2) is 24.7 Å². The minimum Gasteiger partial charge on any atom is -0.381 e. The van der Waals surface area contributed by atoms with Crippen LogP contribution in [0.1, 0.15) is 25.3 Å². The van der Waals surface area contributed by atoms with Crippen molar-refractivity contribution in [2.45, 2.75) is 26.3 Å². The van der Waals surface area contributed by atoms with Gasteiger partial charge < -0.3 is 10.1 Å². The fourth-order valence-electron chi connectivity index (χ4n) is 2.02. The Labute approximate surface area is 115 Å². The zero-order chi connectivity index (χ0) is 13.3. The third-order valence-electron chi connectivity index (χ3n) is 3.02. The number of rotatable bonds is 8. The van der Waals surface area contributed by atoms with Gasteiger partial charge in [-0.2, -0.15) is 0 Å². The van der Waals surface area contributed by atoms with E-state index in [1.807, 2.05) is 12.4 Å². The summed E-state index contributed by atoms with van der Waals surface area (Å²) in [5.41, 5.74) is 1.31. The molecule has 0 spiro atoms. The van der Waals surface area contributed by atoms with Crippen molar-refractivity contribution in [3.8, 4) is 0 Å². The monoisotopic (exact) mass is 258 g/mol.